The number of amides is 1. The fourth-order valence-corrected chi connectivity index (χ4v) is 5.52. The van der Waals surface area contributed by atoms with E-state index in [9.17, 15) is 4.79 Å². The average Bonchev–Trinajstić information content (AvgIpc) is 3.48. The number of ether oxygens (including phenoxy) is 1. The van der Waals surface area contributed by atoms with Gasteiger partial charge in [-0.05, 0) is 79.5 Å². The molecule has 2 aliphatic rings. The van der Waals surface area contributed by atoms with Crippen molar-refractivity contribution in [1.29, 1.82) is 0 Å². The van der Waals surface area contributed by atoms with E-state index in [2.05, 4.69) is 40.3 Å². The zero-order valence-corrected chi connectivity index (χ0v) is 19.2. The Bertz CT molecular complexity index is 1050. The van der Waals surface area contributed by atoms with Gasteiger partial charge in [-0.3, -0.25) is 14.7 Å². The first-order valence-corrected chi connectivity index (χ1v) is 12.3. The van der Waals surface area contributed by atoms with Crippen LogP contribution in [0.3, 0.4) is 0 Å². The van der Waals surface area contributed by atoms with Crippen LogP contribution >= 0.6 is 11.3 Å². The van der Waals surface area contributed by atoms with Crippen molar-refractivity contribution in [2.45, 2.75) is 44.9 Å². The third kappa shape index (κ3) is 4.71. The van der Waals surface area contributed by atoms with Gasteiger partial charge in [-0.25, -0.2) is 0 Å². The summed E-state index contributed by atoms with van der Waals surface area (Å²) in [6, 6.07) is 16.3. The number of pyridine rings is 1. The van der Waals surface area contributed by atoms with Crippen LogP contribution < -0.4 is 10.1 Å². The summed E-state index contributed by atoms with van der Waals surface area (Å²) in [5.74, 6) is 1.41. The molecule has 2 aliphatic heterocycles. The molecular weight excluding hydrogens is 418 g/mol. The number of fused-ring (bicyclic) bond motifs is 1. The van der Waals surface area contributed by atoms with Gasteiger partial charge in [0, 0.05) is 19.2 Å². The number of benzene rings is 1. The third-order valence-corrected chi connectivity index (χ3v) is 7.38. The lowest BCUT2D eigenvalue weighted by Gasteiger charge is -2.36. The Labute approximate surface area is 193 Å². The van der Waals surface area contributed by atoms with Crippen molar-refractivity contribution in [3.05, 3.63) is 81.8 Å². The predicted molar refractivity (Wildman–Crippen MR) is 127 cm³/mol. The number of piperidine rings is 1. The Kier molecular flexibility index (Phi) is 6.23. The summed E-state index contributed by atoms with van der Waals surface area (Å²) in [5, 5.41) is 5.22. The maximum absolute atomic E-state index is 12.8. The van der Waals surface area contributed by atoms with Crippen LogP contribution in [0.2, 0.25) is 0 Å². The van der Waals surface area contributed by atoms with Gasteiger partial charge in [-0.15, -0.1) is 11.3 Å². The Hall–Kier alpha value is -2.70. The van der Waals surface area contributed by atoms with Crippen molar-refractivity contribution in [2.75, 3.05) is 13.1 Å². The van der Waals surface area contributed by atoms with Crippen molar-refractivity contribution >= 4 is 17.2 Å². The summed E-state index contributed by atoms with van der Waals surface area (Å²) < 4.78 is 5.84. The van der Waals surface area contributed by atoms with E-state index in [1.807, 2.05) is 41.9 Å². The van der Waals surface area contributed by atoms with Crippen LogP contribution in [0.1, 0.15) is 52.3 Å². The van der Waals surface area contributed by atoms with Crippen LogP contribution in [0.15, 0.2) is 60.1 Å². The van der Waals surface area contributed by atoms with Crippen molar-refractivity contribution in [3.63, 3.8) is 0 Å². The second-order valence-corrected chi connectivity index (χ2v) is 9.82. The average molecular weight is 448 g/mol. The van der Waals surface area contributed by atoms with Crippen molar-refractivity contribution in [2.24, 2.45) is 5.92 Å². The minimum absolute atomic E-state index is 0.00679. The maximum atomic E-state index is 12.8. The molecule has 2 unspecified atom stereocenters. The molecule has 2 aromatic heterocycles. The number of carbonyl (C=O) groups excluding carboxylic acids is 1. The molecule has 0 saturated carbocycles. The molecule has 3 aromatic rings. The number of hydrogen-bond acceptors (Lipinski definition) is 5. The van der Waals surface area contributed by atoms with E-state index in [1.165, 1.54) is 22.5 Å². The van der Waals surface area contributed by atoms with Gasteiger partial charge in [0.1, 0.15) is 11.9 Å². The van der Waals surface area contributed by atoms with E-state index in [1.54, 1.807) is 0 Å². The van der Waals surface area contributed by atoms with Crippen molar-refractivity contribution in [1.82, 2.24) is 15.2 Å². The molecule has 5 rings (SSSR count). The fraction of sp³-hybridized carbons (Fsp3) is 0.385. The van der Waals surface area contributed by atoms with Crippen LogP contribution in [0.25, 0.3) is 0 Å². The first kappa shape index (κ1) is 21.2. The molecule has 0 spiro atoms. The Morgan fingerprint density at radius 2 is 2.09 bits per heavy atom. The predicted octanol–water partition coefficient (Wildman–Crippen LogP) is 4.85. The smallest absolute Gasteiger partial charge is 0.261 e. The lowest BCUT2D eigenvalue weighted by molar-refractivity contribution is 0.0892. The summed E-state index contributed by atoms with van der Waals surface area (Å²) in [6.45, 7) is 5.13. The highest BCUT2D eigenvalue weighted by molar-refractivity contribution is 7.12. The standard InChI is InChI=1S/C26H29N3O2S/c1-18-15-21-16-19(7-8-23(21)31-18)17-29-12-9-20(10-13-29)25(22-5-2-3-11-27-22)28-26(30)24-6-4-14-32-24/h2-8,11,14,16,18,20,25H,9-10,12-13,15,17H2,1H3,(H,28,30). The second kappa shape index (κ2) is 9.43. The number of hydrogen-bond donors (Lipinski definition) is 1. The minimum atomic E-state index is -0.0634. The topological polar surface area (TPSA) is 54.5 Å². The number of likely N-dealkylation sites (tertiary alicyclic amines) is 1. The number of nitrogens with one attached hydrogen (secondary N) is 1. The molecule has 1 saturated heterocycles. The van der Waals surface area contributed by atoms with Crippen LogP contribution in [0, 0.1) is 5.92 Å². The lowest BCUT2D eigenvalue weighted by Crippen LogP contribution is -2.40. The molecule has 166 valence electrons. The van der Waals surface area contributed by atoms with Crippen molar-refractivity contribution in [3.8, 4) is 5.75 Å². The van der Waals surface area contributed by atoms with Gasteiger partial charge in [-0.2, -0.15) is 0 Å². The monoisotopic (exact) mass is 447 g/mol. The summed E-state index contributed by atoms with van der Waals surface area (Å²) in [7, 11) is 0. The third-order valence-electron chi connectivity index (χ3n) is 6.51. The molecule has 0 radical (unpaired) electrons. The first-order chi connectivity index (χ1) is 15.7. The maximum Gasteiger partial charge on any atom is 0.261 e. The van der Waals surface area contributed by atoms with Crippen LogP contribution in [0.5, 0.6) is 5.75 Å². The van der Waals surface area contributed by atoms with Crippen molar-refractivity contribution < 1.29 is 9.53 Å². The zero-order chi connectivity index (χ0) is 21.9. The minimum Gasteiger partial charge on any atom is -0.490 e. The molecule has 1 amide bonds. The Balaban J connectivity index is 1.23. The Morgan fingerprint density at radius 1 is 1.22 bits per heavy atom. The van der Waals surface area contributed by atoms with Crippen LogP contribution in [-0.4, -0.2) is 35.0 Å². The molecule has 32 heavy (non-hydrogen) atoms. The van der Waals surface area contributed by atoms with E-state index in [-0.39, 0.29) is 18.1 Å². The van der Waals surface area contributed by atoms with Gasteiger partial charge >= 0.3 is 0 Å². The van der Waals surface area contributed by atoms with Gasteiger partial charge in [-0.1, -0.05) is 24.3 Å². The fourth-order valence-electron chi connectivity index (χ4n) is 4.89. The molecule has 0 bridgehead atoms. The van der Waals surface area contributed by atoms with Crippen LogP contribution in [-0.2, 0) is 13.0 Å². The highest BCUT2D eigenvalue weighted by atomic mass is 32.1. The molecule has 6 heteroatoms. The second-order valence-electron chi connectivity index (χ2n) is 8.87. The summed E-state index contributed by atoms with van der Waals surface area (Å²) in [4.78, 5) is 20.7. The molecule has 5 nitrogen and oxygen atoms in total. The number of aromatic nitrogens is 1. The van der Waals surface area contributed by atoms with E-state index in [4.69, 9.17) is 4.74 Å². The normalized spacial score (nSPS) is 19.8. The summed E-state index contributed by atoms with van der Waals surface area (Å²) >= 11 is 1.48. The number of thiophene rings is 1. The molecule has 4 heterocycles. The molecular formula is C26H29N3O2S. The van der Waals surface area contributed by atoms with E-state index >= 15 is 0 Å². The molecule has 0 aliphatic carbocycles. The van der Waals surface area contributed by atoms with Gasteiger partial charge in [0.15, 0.2) is 0 Å². The van der Waals surface area contributed by atoms with Crippen LogP contribution in [0.4, 0.5) is 0 Å². The SMILES string of the molecule is CC1Cc2cc(CN3CCC(C(NC(=O)c4cccs4)c4ccccn4)CC3)ccc2O1. The van der Waals surface area contributed by atoms with E-state index in [0.717, 1.165) is 55.2 Å². The van der Waals surface area contributed by atoms with E-state index in [0.29, 0.717) is 5.92 Å². The first-order valence-electron chi connectivity index (χ1n) is 11.4. The summed E-state index contributed by atoms with van der Waals surface area (Å²) in [5.41, 5.74) is 3.63. The highest BCUT2D eigenvalue weighted by Crippen LogP contribution is 2.33. The van der Waals surface area contributed by atoms with Gasteiger partial charge in [0.05, 0.1) is 16.6 Å². The molecule has 1 fully saturated rings. The molecule has 1 aromatic carbocycles. The van der Waals surface area contributed by atoms with Gasteiger partial charge in [0.25, 0.3) is 5.91 Å². The van der Waals surface area contributed by atoms with Gasteiger partial charge < -0.3 is 10.1 Å². The summed E-state index contributed by atoms with van der Waals surface area (Å²) in [6.07, 6.45) is 5.17. The highest BCUT2D eigenvalue weighted by Gasteiger charge is 2.30. The van der Waals surface area contributed by atoms with E-state index < -0.39 is 0 Å². The zero-order valence-electron chi connectivity index (χ0n) is 18.4. The number of rotatable bonds is 6. The van der Waals surface area contributed by atoms with Gasteiger partial charge in [0.2, 0.25) is 0 Å². The molecule has 2 atom stereocenters. The largest absolute Gasteiger partial charge is 0.490 e. The quantitative estimate of drug-likeness (QED) is 0.587. The lowest BCUT2D eigenvalue weighted by atomic mass is 9.87. The Morgan fingerprint density at radius 3 is 2.84 bits per heavy atom. The number of carbonyl (C=O) groups is 1. The number of nitrogens with zero attached hydrogens (tertiary/aromatic N) is 2. The molecule has 1 N–H and O–H groups in total.